The molecule has 2 heterocycles. The van der Waals surface area contributed by atoms with E-state index >= 15 is 0 Å². The molecule has 1 unspecified atom stereocenters. The van der Waals surface area contributed by atoms with Crippen molar-refractivity contribution in [1.82, 2.24) is 15.6 Å². The Balaban J connectivity index is 1.36. The second-order valence-corrected chi connectivity index (χ2v) is 5.88. The molecular weight excluding hydrogens is 318 g/mol. The first kappa shape index (κ1) is 17.2. The molecule has 2 N–H and O–H groups in total. The van der Waals surface area contributed by atoms with Crippen LogP contribution in [0, 0.1) is 0 Å². The maximum absolute atomic E-state index is 11.9. The highest BCUT2D eigenvalue weighted by Gasteiger charge is 2.21. The van der Waals surface area contributed by atoms with Crippen LogP contribution in [-0.2, 0) is 11.3 Å². The summed E-state index contributed by atoms with van der Waals surface area (Å²) < 4.78 is 11.1. The van der Waals surface area contributed by atoms with Crippen LogP contribution in [0.3, 0.4) is 0 Å². The molecule has 0 spiro atoms. The first-order chi connectivity index (χ1) is 12.3. The normalized spacial score (nSPS) is 16.4. The van der Waals surface area contributed by atoms with E-state index < -0.39 is 0 Å². The number of amides is 1. The van der Waals surface area contributed by atoms with Crippen LogP contribution in [0.5, 0.6) is 11.6 Å². The van der Waals surface area contributed by atoms with Gasteiger partial charge in [-0.2, -0.15) is 0 Å². The van der Waals surface area contributed by atoms with Crippen LogP contribution in [0.2, 0.25) is 0 Å². The van der Waals surface area contributed by atoms with Gasteiger partial charge in [-0.3, -0.25) is 4.79 Å². The van der Waals surface area contributed by atoms with E-state index in [0.717, 1.165) is 30.7 Å². The smallest absolute Gasteiger partial charge is 0.237 e. The molecule has 1 atom stereocenters. The van der Waals surface area contributed by atoms with E-state index in [1.165, 1.54) is 0 Å². The van der Waals surface area contributed by atoms with Crippen LogP contribution < -0.4 is 20.1 Å². The topological polar surface area (TPSA) is 72.5 Å². The molecule has 132 valence electrons. The average molecular weight is 341 g/mol. The molecule has 0 bridgehead atoms. The number of ether oxygens (including phenoxy) is 2. The number of para-hydroxylation sites is 1. The highest BCUT2D eigenvalue weighted by atomic mass is 16.5. The Kier molecular flexibility index (Phi) is 6.23. The summed E-state index contributed by atoms with van der Waals surface area (Å²) in [5.74, 6) is 1.42. The van der Waals surface area contributed by atoms with E-state index in [1.54, 1.807) is 12.3 Å². The molecule has 1 aromatic heterocycles. The summed E-state index contributed by atoms with van der Waals surface area (Å²) in [7, 11) is 0. The largest absolute Gasteiger partial charge is 0.490 e. The van der Waals surface area contributed by atoms with Crippen molar-refractivity contribution in [2.24, 2.45) is 0 Å². The number of rotatable bonds is 8. The highest BCUT2D eigenvalue weighted by Crippen LogP contribution is 2.10. The zero-order chi connectivity index (χ0) is 17.3. The quantitative estimate of drug-likeness (QED) is 0.718. The Morgan fingerprint density at radius 3 is 2.72 bits per heavy atom. The number of benzene rings is 1. The van der Waals surface area contributed by atoms with Crippen LogP contribution in [0.15, 0.2) is 48.7 Å². The number of nitrogens with zero attached hydrogens (tertiary/aromatic N) is 1. The van der Waals surface area contributed by atoms with Gasteiger partial charge in [-0.15, -0.1) is 0 Å². The molecule has 1 aromatic carbocycles. The molecule has 1 aliphatic rings. The second kappa shape index (κ2) is 9.03. The van der Waals surface area contributed by atoms with Crippen LogP contribution in [0.25, 0.3) is 0 Å². The number of pyridine rings is 1. The number of carbonyl (C=O) groups is 1. The summed E-state index contributed by atoms with van der Waals surface area (Å²) in [6.07, 6.45) is 3.68. The van der Waals surface area contributed by atoms with Gasteiger partial charge in [0.2, 0.25) is 11.8 Å². The Morgan fingerprint density at radius 1 is 1.16 bits per heavy atom. The molecular formula is C19H23N3O3. The van der Waals surface area contributed by atoms with Crippen molar-refractivity contribution in [3.63, 3.8) is 0 Å². The van der Waals surface area contributed by atoms with Gasteiger partial charge in [-0.25, -0.2) is 4.98 Å². The average Bonchev–Trinajstić information content (AvgIpc) is 3.20. The fourth-order valence-electron chi connectivity index (χ4n) is 2.64. The van der Waals surface area contributed by atoms with Gasteiger partial charge in [0.25, 0.3) is 0 Å². The maximum Gasteiger partial charge on any atom is 0.237 e. The van der Waals surface area contributed by atoms with Gasteiger partial charge < -0.3 is 20.1 Å². The molecule has 25 heavy (non-hydrogen) atoms. The fraction of sp³-hybridized carbons (Fsp3) is 0.368. The number of hydrogen-bond donors (Lipinski definition) is 2. The summed E-state index contributed by atoms with van der Waals surface area (Å²) in [6, 6.07) is 13.3. The Morgan fingerprint density at radius 2 is 2.00 bits per heavy atom. The summed E-state index contributed by atoms with van der Waals surface area (Å²) in [4.78, 5) is 16.2. The Hall–Kier alpha value is -2.60. The SMILES string of the molecule is O=C(NCc1ccc(OCCOc2ccccc2)nc1)C1CCCN1. The minimum Gasteiger partial charge on any atom is -0.490 e. The van der Waals surface area contributed by atoms with Crippen LogP contribution in [0.1, 0.15) is 18.4 Å². The van der Waals surface area contributed by atoms with E-state index in [4.69, 9.17) is 9.47 Å². The summed E-state index contributed by atoms with van der Waals surface area (Å²) in [5.41, 5.74) is 0.944. The van der Waals surface area contributed by atoms with E-state index in [9.17, 15) is 4.79 Å². The van der Waals surface area contributed by atoms with Gasteiger partial charge in [-0.1, -0.05) is 24.3 Å². The number of carbonyl (C=O) groups excluding carboxylic acids is 1. The first-order valence-electron chi connectivity index (χ1n) is 8.58. The third kappa shape index (κ3) is 5.46. The van der Waals surface area contributed by atoms with E-state index in [1.807, 2.05) is 36.4 Å². The van der Waals surface area contributed by atoms with Crippen molar-refractivity contribution >= 4 is 5.91 Å². The van der Waals surface area contributed by atoms with Gasteiger partial charge in [0.15, 0.2) is 0 Å². The Labute approximate surface area is 147 Å². The van der Waals surface area contributed by atoms with Crippen molar-refractivity contribution < 1.29 is 14.3 Å². The van der Waals surface area contributed by atoms with Crippen molar-refractivity contribution in [2.75, 3.05) is 19.8 Å². The lowest BCUT2D eigenvalue weighted by molar-refractivity contribution is -0.122. The number of aromatic nitrogens is 1. The predicted molar refractivity (Wildman–Crippen MR) is 94.5 cm³/mol. The van der Waals surface area contributed by atoms with Crippen molar-refractivity contribution in [2.45, 2.75) is 25.4 Å². The van der Waals surface area contributed by atoms with E-state index in [2.05, 4.69) is 15.6 Å². The molecule has 6 nitrogen and oxygen atoms in total. The van der Waals surface area contributed by atoms with E-state index in [0.29, 0.717) is 25.6 Å². The molecule has 1 saturated heterocycles. The molecule has 2 aromatic rings. The lowest BCUT2D eigenvalue weighted by Crippen LogP contribution is -2.40. The minimum absolute atomic E-state index is 0.0517. The first-order valence-corrected chi connectivity index (χ1v) is 8.58. The minimum atomic E-state index is -0.0554. The van der Waals surface area contributed by atoms with Crippen molar-refractivity contribution in [3.05, 3.63) is 54.2 Å². The van der Waals surface area contributed by atoms with Crippen LogP contribution in [-0.4, -0.2) is 36.7 Å². The molecule has 1 fully saturated rings. The van der Waals surface area contributed by atoms with E-state index in [-0.39, 0.29) is 11.9 Å². The maximum atomic E-state index is 11.9. The number of hydrogen-bond acceptors (Lipinski definition) is 5. The molecule has 6 heteroatoms. The zero-order valence-corrected chi connectivity index (χ0v) is 14.1. The molecule has 1 aliphatic heterocycles. The van der Waals surface area contributed by atoms with Crippen LogP contribution in [0.4, 0.5) is 0 Å². The summed E-state index contributed by atoms with van der Waals surface area (Å²) in [5, 5.41) is 6.11. The molecule has 0 radical (unpaired) electrons. The summed E-state index contributed by atoms with van der Waals surface area (Å²) >= 11 is 0. The van der Waals surface area contributed by atoms with Gasteiger partial charge in [0.05, 0.1) is 6.04 Å². The molecule has 1 amide bonds. The number of nitrogens with one attached hydrogen (secondary N) is 2. The van der Waals surface area contributed by atoms with Crippen molar-refractivity contribution in [3.8, 4) is 11.6 Å². The third-order valence-electron chi connectivity index (χ3n) is 3.99. The van der Waals surface area contributed by atoms with Gasteiger partial charge >= 0.3 is 0 Å². The predicted octanol–water partition coefficient (Wildman–Crippen LogP) is 1.91. The Bertz CT molecular complexity index is 655. The lowest BCUT2D eigenvalue weighted by atomic mass is 10.2. The molecule has 3 rings (SSSR count). The van der Waals surface area contributed by atoms with Crippen molar-refractivity contribution in [1.29, 1.82) is 0 Å². The monoisotopic (exact) mass is 341 g/mol. The van der Waals surface area contributed by atoms with Gasteiger partial charge in [0.1, 0.15) is 19.0 Å². The third-order valence-corrected chi connectivity index (χ3v) is 3.99. The van der Waals surface area contributed by atoms with Gasteiger partial charge in [-0.05, 0) is 37.1 Å². The highest BCUT2D eigenvalue weighted by molar-refractivity contribution is 5.81. The summed E-state index contributed by atoms with van der Waals surface area (Å²) in [6.45, 7) is 2.27. The zero-order valence-electron chi connectivity index (χ0n) is 14.1. The lowest BCUT2D eigenvalue weighted by Gasteiger charge is -2.11. The second-order valence-electron chi connectivity index (χ2n) is 5.88. The standard InChI is InChI=1S/C19H23N3O3/c23-19(17-7-4-10-20-17)22-14-15-8-9-18(21-13-15)25-12-11-24-16-5-2-1-3-6-16/h1-3,5-6,8-9,13,17,20H,4,7,10-12,14H2,(H,22,23). The molecule has 0 saturated carbocycles. The fourth-order valence-corrected chi connectivity index (χ4v) is 2.64. The molecule has 0 aliphatic carbocycles. The van der Waals surface area contributed by atoms with Crippen LogP contribution >= 0.6 is 0 Å². The van der Waals surface area contributed by atoms with Gasteiger partial charge in [0, 0.05) is 18.8 Å².